The Morgan fingerprint density at radius 2 is 2.32 bits per heavy atom. The van der Waals surface area contributed by atoms with Gasteiger partial charge in [-0.1, -0.05) is 24.2 Å². The Hall–Kier alpha value is -1.88. The number of nitrogens with one attached hydrogen (secondary N) is 1. The molecule has 1 aliphatic heterocycles. The van der Waals surface area contributed by atoms with Crippen molar-refractivity contribution in [2.24, 2.45) is 5.92 Å². The van der Waals surface area contributed by atoms with E-state index in [1.54, 1.807) is 18.2 Å². The molecule has 2 aromatic rings. The van der Waals surface area contributed by atoms with Crippen LogP contribution in [0.15, 0.2) is 28.8 Å². The second-order valence-electron chi connectivity index (χ2n) is 5.06. The van der Waals surface area contributed by atoms with Gasteiger partial charge in [0.2, 0.25) is 11.7 Å². The summed E-state index contributed by atoms with van der Waals surface area (Å²) in [5.74, 6) is 1.84. The summed E-state index contributed by atoms with van der Waals surface area (Å²) < 4.78 is 5.36. The van der Waals surface area contributed by atoms with Crippen LogP contribution in [-0.4, -0.2) is 21.8 Å². The van der Waals surface area contributed by atoms with Gasteiger partial charge in [0.15, 0.2) is 0 Å². The Labute approximate surface area is 111 Å². The van der Waals surface area contributed by atoms with Crippen molar-refractivity contribution in [1.29, 1.82) is 0 Å². The first kappa shape index (κ1) is 12.2. The fraction of sp³-hybridized carbons (Fsp3) is 0.429. The minimum atomic E-state index is 0.132. The number of benzene rings is 1. The van der Waals surface area contributed by atoms with Crippen LogP contribution in [0.3, 0.4) is 0 Å². The van der Waals surface area contributed by atoms with Gasteiger partial charge < -0.3 is 14.9 Å². The smallest absolute Gasteiger partial charge is 0.244 e. The van der Waals surface area contributed by atoms with Crippen LogP contribution in [0.25, 0.3) is 11.4 Å². The third-order valence-electron chi connectivity index (χ3n) is 3.58. The molecule has 2 N–H and O–H groups in total. The molecule has 100 valence electrons. The highest BCUT2D eigenvalue weighted by Crippen LogP contribution is 2.29. The molecule has 0 aliphatic carbocycles. The molecule has 19 heavy (non-hydrogen) atoms. The highest BCUT2D eigenvalue weighted by molar-refractivity contribution is 5.56. The lowest BCUT2D eigenvalue weighted by atomic mass is 9.93. The highest BCUT2D eigenvalue weighted by atomic mass is 16.5. The molecule has 3 rings (SSSR count). The zero-order chi connectivity index (χ0) is 13.2. The van der Waals surface area contributed by atoms with Crippen molar-refractivity contribution in [3.63, 3.8) is 0 Å². The summed E-state index contributed by atoms with van der Waals surface area (Å²) in [6.45, 7) is 3.17. The largest absolute Gasteiger partial charge is 0.508 e. The van der Waals surface area contributed by atoms with Crippen LogP contribution in [0.2, 0.25) is 0 Å². The SMILES string of the molecule is CC1CCCNC1c1nc(-c2cccc(O)c2)no1. The van der Waals surface area contributed by atoms with Crippen LogP contribution >= 0.6 is 0 Å². The quantitative estimate of drug-likeness (QED) is 0.867. The lowest BCUT2D eigenvalue weighted by Crippen LogP contribution is -2.33. The zero-order valence-electron chi connectivity index (χ0n) is 10.8. The maximum Gasteiger partial charge on any atom is 0.244 e. The summed E-state index contributed by atoms with van der Waals surface area (Å²) in [6, 6.07) is 7.00. The molecular formula is C14H17N3O2. The number of hydrogen-bond donors (Lipinski definition) is 2. The van der Waals surface area contributed by atoms with Crippen molar-refractivity contribution in [2.75, 3.05) is 6.54 Å². The van der Waals surface area contributed by atoms with Crippen molar-refractivity contribution < 1.29 is 9.63 Å². The van der Waals surface area contributed by atoms with Crippen molar-refractivity contribution in [3.8, 4) is 17.1 Å². The number of phenols is 1. The Bertz CT molecular complexity index is 567. The number of hydrogen-bond acceptors (Lipinski definition) is 5. The number of phenolic OH excluding ortho intramolecular Hbond substituents is 1. The molecule has 2 atom stereocenters. The molecule has 5 nitrogen and oxygen atoms in total. The van der Waals surface area contributed by atoms with Gasteiger partial charge in [0.25, 0.3) is 0 Å². The van der Waals surface area contributed by atoms with E-state index in [-0.39, 0.29) is 11.8 Å². The van der Waals surface area contributed by atoms with Gasteiger partial charge in [0.1, 0.15) is 5.75 Å². The molecule has 1 saturated heterocycles. The molecule has 1 aromatic heterocycles. The Morgan fingerprint density at radius 1 is 1.42 bits per heavy atom. The number of aromatic hydroxyl groups is 1. The maximum atomic E-state index is 9.47. The fourth-order valence-corrected chi connectivity index (χ4v) is 2.50. The second kappa shape index (κ2) is 5.01. The van der Waals surface area contributed by atoms with E-state index in [1.807, 2.05) is 6.07 Å². The highest BCUT2D eigenvalue weighted by Gasteiger charge is 2.27. The normalized spacial score (nSPS) is 23.4. The van der Waals surface area contributed by atoms with E-state index < -0.39 is 0 Å². The van der Waals surface area contributed by atoms with Crippen LogP contribution in [-0.2, 0) is 0 Å². The van der Waals surface area contributed by atoms with Crippen LogP contribution in [0, 0.1) is 5.92 Å². The molecule has 0 bridgehead atoms. The monoisotopic (exact) mass is 259 g/mol. The summed E-state index contributed by atoms with van der Waals surface area (Å²) >= 11 is 0. The predicted octanol–water partition coefficient (Wildman–Crippen LogP) is 2.50. The third kappa shape index (κ3) is 2.46. The van der Waals surface area contributed by atoms with Crippen LogP contribution in [0.1, 0.15) is 31.7 Å². The van der Waals surface area contributed by atoms with E-state index in [1.165, 1.54) is 12.8 Å². The van der Waals surface area contributed by atoms with E-state index in [0.29, 0.717) is 17.6 Å². The Kier molecular flexibility index (Phi) is 3.21. The van der Waals surface area contributed by atoms with Gasteiger partial charge in [-0.3, -0.25) is 0 Å². The predicted molar refractivity (Wildman–Crippen MR) is 70.5 cm³/mol. The third-order valence-corrected chi connectivity index (χ3v) is 3.58. The molecule has 0 saturated carbocycles. The first-order chi connectivity index (χ1) is 9.24. The summed E-state index contributed by atoms with van der Waals surface area (Å²) in [5.41, 5.74) is 0.762. The van der Waals surface area contributed by atoms with Gasteiger partial charge >= 0.3 is 0 Å². The molecule has 0 amide bonds. The first-order valence-electron chi connectivity index (χ1n) is 6.60. The molecule has 1 fully saturated rings. The minimum Gasteiger partial charge on any atom is -0.508 e. The van der Waals surface area contributed by atoms with Gasteiger partial charge in [-0.2, -0.15) is 4.98 Å². The van der Waals surface area contributed by atoms with E-state index in [0.717, 1.165) is 12.1 Å². The van der Waals surface area contributed by atoms with Crippen molar-refractivity contribution in [1.82, 2.24) is 15.5 Å². The molecule has 0 radical (unpaired) electrons. The van der Waals surface area contributed by atoms with Gasteiger partial charge in [-0.05, 0) is 37.4 Å². The van der Waals surface area contributed by atoms with Crippen molar-refractivity contribution in [2.45, 2.75) is 25.8 Å². The van der Waals surface area contributed by atoms with Gasteiger partial charge in [0, 0.05) is 5.56 Å². The lowest BCUT2D eigenvalue weighted by molar-refractivity contribution is 0.239. The molecule has 1 aliphatic rings. The molecule has 5 heteroatoms. The second-order valence-corrected chi connectivity index (χ2v) is 5.06. The number of aromatic nitrogens is 2. The van der Waals surface area contributed by atoms with Crippen LogP contribution < -0.4 is 5.32 Å². The molecule has 0 spiro atoms. The summed E-state index contributed by atoms with van der Waals surface area (Å²) in [5, 5.41) is 16.9. The van der Waals surface area contributed by atoms with Crippen molar-refractivity contribution >= 4 is 0 Å². The Balaban J connectivity index is 1.86. The van der Waals surface area contributed by atoms with E-state index >= 15 is 0 Å². The molecular weight excluding hydrogens is 242 g/mol. The average molecular weight is 259 g/mol. The Morgan fingerprint density at radius 3 is 3.11 bits per heavy atom. The minimum absolute atomic E-state index is 0.132. The summed E-state index contributed by atoms with van der Waals surface area (Å²) in [4.78, 5) is 4.44. The van der Waals surface area contributed by atoms with E-state index in [4.69, 9.17) is 4.52 Å². The van der Waals surface area contributed by atoms with E-state index in [2.05, 4.69) is 22.4 Å². The summed E-state index contributed by atoms with van der Waals surface area (Å²) in [7, 11) is 0. The number of piperidine rings is 1. The molecule has 2 unspecified atom stereocenters. The average Bonchev–Trinajstić information content (AvgIpc) is 2.89. The zero-order valence-corrected chi connectivity index (χ0v) is 10.8. The van der Waals surface area contributed by atoms with Crippen LogP contribution in [0.4, 0.5) is 0 Å². The van der Waals surface area contributed by atoms with Crippen LogP contribution in [0.5, 0.6) is 5.75 Å². The standard InChI is InChI=1S/C14H17N3O2/c1-9-4-3-7-15-12(9)14-16-13(17-19-14)10-5-2-6-11(18)8-10/h2,5-6,8-9,12,15,18H,3-4,7H2,1H3. The topological polar surface area (TPSA) is 71.2 Å². The lowest BCUT2D eigenvalue weighted by Gasteiger charge is -2.26. The fourth-order valence-electron chi connectivity index (χ4n) is 2.50. The number of nitrogens with zero attached hydrogens (tertiary/aromatic N) is 2. The molecule has 1 aromatic carbocycles. The molecule has 2 heterocycles. The summed E-state index contributed by atoms with van der Waals surface area (Å²) in [6.07, 6.45) is 2.35. The maximum absolute atomic E-state index is 9.47. The number of rotatable bonds is 2. The van der Waals surface area contributed by atoms with E-state index in [9.17, 15) is 5.11 Å². The van der Waals surface area contributed by atoms with Gasteiger partial charge in [-0.25, -0.2) is 0 Å². The van der Waals surface area contributed by atoms with Gasteiger partial charge in [0.05, 0.1) is 6.04 Å². The van der Waals surface area contributed by atoms with Crippen molar-refractivity contribution in [3.05, 3.63) is 30.2 Å². The first-order valence-corrected chi connectivity index (χ1v) is 6.60. The van der Waals surface area contributed by atoms with Gasteiger partial charge in [-0.15, -0.1) is 0 Å².